The molecule has 4 fully saturated rings. The Bertz CT molecular complexity index is 765. The molecule has 0 aliphatic heterocycles. The van der Waals surface area contributed by atoms with E-state index in [1.165, 1.54) is 25.7 Å². The van der Waals surface area contributed by atoms with E-state index in [9.17, 15) is 19.2 Å². The summed E-state index contributed by atoms with van der Waals surface area (Å²) in [6.07, 6.45) is 22.1. The zero-order valence-electron chi connectivity index (χ0n) is 27.9. The summed E-state index contributed by atoms with van der Waals surface area (Å²) in [5.41, 5.74) is 0. The number of ether oxygens (including phenoxy) is 4. The SMILES string of the molecule is O=C(C[CH2][Sn]([CH2]CC(=O)OC1CCCCC1)([CH2]CC(=O)OC1CCCCC1)[CH2]CC(=O)OC1CCCCC1)OC1CCCCC1. The Morgan fingerprint density at radius 1 is 0.356 bits per heavy atom. The zero-order chi connectivity index (χ0) is 31.7. The summed E-state index contributed by atoms with van der Waals surface area (Å²) in [4.78, 5) is 52.4. The molecule has 0 atom stereocenters. The van der Waals surface area contributed by atoms with E-state index >= 15 is 0 Å². The summed E-state index contributed by atoms with van der Waals surface area (Å²) in [6, 6.07) is 0. The maximum absolute atomic E-state index is 13.1. The Hall–Kier alpha value is -1.32. The molecule has 0 spiro atoms. The Morgan fingerprint density at radius 3 is 0.756 bits per heavy atom. The van der Waals surface area contributed by atoms with Crippen LogP contribution in [0.1, 0.15) is 154 Å². The van der Waals surface area contributed by atoms with E-state index in [0.29, 0.717) is 43.4 Å². The first kappa shape index (κ1) is 36.5. The average molecular weight is 740 g/mol. The summed E-state index contributed by atoms with van der Waals surface area (Å²) in [5.74, 6) is -0.714. The van der Waals surface area contributed by atoms with E-state index in [1.54, 1.807) is 0 Å². The zero-order valence-corrected chi connectivity index (χ0v) is 30.7. The van der Waals surface area contributed by atoms with E-state index in [2.05, 4.69) is 0 Å². The molecule has 0 heterocycles. The van der Waals surface area contributed by atoms with Gasteiger partial charge in [-0.1, -0.05) is 0 Å². The van der Waals surface area contributed by atoms with E-state index < -0.39 is 18.4 Å². The van der Waals surface area contributed by atoms with Gasteiger partial charge in [0.1, 0.15) is 0 Å². The van der Waals surface area contributed by atoms with Crippen LogP contribution in [-0.2, 0) is 38.1 Å². The number of hydrogen-bond donors (Lipinski definition) is 0. The fraction of sp³-hybridized carbons (Fsp3) is 0.889. The second kappa shape index (κ2) is 20.1. The molecule has 0 amide bonds. The van der Waals surface area contributed by atoms with Crippen molar-refractivity contribution in [2.24, 2.45) is 0 Å². The van der Waals surface area contributed by atoms with Crippen LogP contribution in [0.2, 0.25) is 17.7 Å². The van der Waals surface area contributed by atoms with Gasteiger partial charge in [-0.15, -0.1) is 0 Å². The summed E-state index contributed by atoms with van der Waals surface area (Å²) in [7, 11) is 0. The number of hydrogen-bond acceptors (Lipinski definition) is 8. The van der Waals surface area contributed by atoms with Crippen LogP contribution < -0.4 is 0 Å². The molecule has 45 heavy (non-hydrogen) atoms. The minimum absolute atomic E-state index is 0.00253. The third-order valence-corrected chi connectivity index (χ3v) is 25.8. The fourth-order valence-corrected chi connectivity index (χ4v) is 20.6. The molecule has 0 bridgehead atoms. The molecule has 256 valence electrons. The monoisotopic (exact) mass is 740 g/mol. The molecule has 0 radical (unpaired) electrons. The van der Waals surface area contributed by atoms with Crippen LogP contribution in [0.3, 0.4) is 0 Å². The molecule has 0 aromatic heterocycles. The van der Waals surface area contributed by atoms with Crippen molar-refractivity contribution < 1.29 is 38.1 Å². The van der Waals surface area contributed by atoms with Crippen molar-refractivity contribution in [1.29, 1.82) is 0 Å². The van der Waals surface area contributed by atoms with Crippen LogP contribution in [0.15, 0.2) is 0 Å². The van der Waals surface area contributed by atoms with Gasteiger partial charge in [0.15, 0.2) is 0 Å². The van der Waals surface area contributed by atoms with E-state index in [-0.39, 0.29) is 48.3 Å². The predicted octanol–water partition coefficient (Wildman–Crippen LogP) is 8.50. The topological polar surface area (TPSA) is 105 Å². The van der Waals surface area contributed by atoms with Gasteiger partial charge in [0.05, 0.1) is 0 Å². The van der Waals surface area contributed by atoms with Crippen LogP contribution in [0, 0.1) is 0 Å². The van der Waals surface area contributed by atoms with Crippen molar-refractivity contribution in [3.05, 3.63) is 0 Å². The fourth-order valence-electron chi connectivity index (χ4n) is 7.93. The van der Waals surface area contributed by atoms with Gasteiger partial charge in [0.2, 0.25) is 0 Å². The molecule has 4 aliphatic rings. The third-order valence-electron chi connectivity index (χ3n) is 10.8. The van der Waals surface area contributed by atoms with Crippen LogP contribution in [0.4, 0.5) is 0 Å². The first-order valence-electron chi connectivity index (χ1n) is 18.7. The van der Waals surface area contributed by atoms with Gasteiger partial charge >= 0.3 is 277 Å². The predicted molar refractivity (Wildman–Crippen MR) is 175 cm³/mol. The molecule has 0 N–H and O–H groups in total. The normalized spacial score (nSPS) is 21.2. The van der Waals surface area contributed by atoms with Crippen LogP contribution in [0.5, 0.6) is 0 Å². The summed E-state index contributed by atoms with van der Waals surface area (Å²) in [6.45, 7) is 0. The molecule has 4 rings (SSSR count). The standard InChI is InChI=1S/4C9H15O2.Sn/c4*1-2-9(10)11-8-6-4-3-5-7-8;/h4*8H,1-7H2;. The van der Waals surface area contributed by atoms with Crippen molar-refractivity contribution >= 4 is 42.3 Å². The van der Waals surface area contributed by atoms with E-state index in [1.807, 2.05) is 0 Å². The molecule has 0 aromatic carbocycles. The molecular weight excluding hydrogens is 679 g/mol. The van der Waals surface area contributed by atoms with E-state index in [0.717, 1.165) is 103 Å². The minimum atomic E-state index is -3.50. The van der Waals surface area contributed by atoms with Gasteiger partial charge in [0.25, 0.3) is 0 Å². The Morgan fingerprint density at radius 2 is 0.556 bits per heavy atom. The Balaban J connectivity index is 1.41. The first-order valence-corrected chi connectivity index (χ1v) is 26.7. The van der Waals surface area contributed by atoms with Gasteiger partial charge < -0.3 is 0 Å². The molecule has 9 heteroatoms. The molecule has 0 aromatic rings. The summed E-state index contributed by atoms with van der Waals surface area (Å²) in [5, 5.41) is 0. The third kappa shape index (κ3) is 14.1. The van der Waals surface area contributed by atoms with Crippen molar-refractivity contribution in [2.75, 3.05) is 0 Å². The van der Waals surface area contributed by atoms with Crippen molar-refractivity contribution in [3.63, 3.8) is 0 Å². The van der Waals surface area contributed by atoms with Gasteiger partial charge in [-0.3, -0.25) is 0 Å². The number of carbonyl (C=O) groups excluding carboxylic acids is 4. The Kier molecular flexibility index (Phi) is 16.3. The van der Waals surface area contributed by atoms with Gasteiger partial charge in [0, 0.05) is 0 Å². The number of carbonyl (C=O) groups is 4. The van der Waals surface area contributed by atoms with Crippen LogP contribution in [0.25, 0.3) is 0 Å². The van der Waals surface area contributed by atoms with Crippen molar-refractivity contribution in [1.82, 2.24) is 0 Å². The van der Waals surface area contributed by atoms with Gasteiger partial charge in [-0.25, -0.2) is 0 Å². The first-order chi connectivity index (χ1) is 21.9. The number of rotatable bonds is 16. The second-order valence-corrected chi connectivity index (χ2v) is 28.8. The number of esters is 4. The average Bonchev–Trinajstić information content (AvgIpc) is 3.06. The van der Waals surface area contributed by atoms with E-state index in [4.69, 9.17) is 18.9 Å². The molecule has 8 nitrogen and oxygen atoms in total. The second-order valence-electron chi connectivity index (χ2n) is 14.5. The Labute approximate surface area is 275 Å². The van der Waals surface area contributed by atoms with Crippen molar-refractivity contribution in [3.8, 4) is 0 Å². The molecule has 4 aliphatic carbocycles. The van der Waals surface area contributed by atoms with Crippen molar-refractivity contribution in [2.45, 2.75) is 196 Å². The molecule has 0 saturated heterocycles. The van der Waals surface area contributed by atoms with Crippen LogP contribution in [-0.4, -0.2) is 66.7 Å². The quantitative estimate of drug-likeness (QED) is 0.0882. The van der Waals surface area contributed by atoms with Gasteiger partial charge in [-0.05, 0) is 0 Å². The summed E-state index contributed by atoms with van der Waals surface area (Å²) >= 11 is -3.50. The van der Waals surface area contributed by atoms with Crippen LogP contribution >= 0.6 is 0 Å². The molecular formula is C36H60O8Sn. The summed E-state index contributed by atoms with van der Waals surface area (Å²) < 4.78 is 26.2. The molecule has 4 saturated carbocycles. The maximum atomic E-state index is 13.1. The molecule has 0 unspecified atom stereocenters. The van der Waals surface area contributed by atoms with Gasteiger partial charge in [-0.2, -0.15) is 0 Å².